The highest BCUT2D eigenvalue weighted by atomic mass is 79.9. The first-order valence-corrected chi connectivity index (χ1v) is 7.21. The summed E-state index contributed by atoms with van der Waals surface area (Å²) in [5.41, 5.74) is 0.187. The van der Waals surface area contributed by atoms with E-state index < -0.39 is 11.7 Å². The van der Waals surface area contributed by atoms with Gasteiger partial charge in [0.25, 0.3) is 0 Å². The molecular weight excluding hydrogens is 296 g/mol. The molecule has 0 aliphatic rings. The van der Waals surface area contributed by atoms with Gasteiger partial charge in [-0.15, -0.1) is 0 Å². The Balaban J connectivity index is 3.16. The predicted octanol–water partition coefficient (Wildman–Crippen LogP) is 3.47. The monoisotopic (exact) mass is 318 g/mol. The average molecular weight is 319 g/mol. The van der Waals surface area contributed by atoms with Crippen molar-refractivity contribution in [3.8, 4) is 0 Å². The number of aromatic nitrogens is 2. The van der Waals surface area contributed by atoms with Crippen LogP contribution in [0.4, 0.5) is 0 Å². The lowest BCUT2D eigenvalue weighted by Crippen LogP contribution is -2.37. The van der Waals surface area contributed by atoms with E-state index in [2.05, 4.69) is 21.0 Å². The molecule has 0 bridgehead atoms. The maximum absolute atomic E-state index is 10.7. The van der Waals surface area contributed by atoms with E-state index in [1.165, 1.54) is 0 Å². The normalized spacial score (nSPS) is 16.9. The quantitative estimate of drug-likeness (QED) is 0.873. The van der Waals surface area contributed by atoms with Gasteiger partial charge in [0.1, 0.15) is 6.10 Å². The Morgan fingerprint density at radius 1 is 1.50 bits per heavy atom. The van der Waals surface area contributed by atoms with Crippen molar-refractivity contribution in [2.24, 2.45) is 0 Å². The van der Waals surface area contributed by atoms with Crippen LogP contribution in [0.15, 0.2) is 10.7 Å². The van der Waals surface area contributed by atoms with E-state index in [0.717, 1.165) is 16.6 Å². The minimum Gasteiger partial charge on any atom is -0.384 e. The molecule has 0 saturated heterocycles. The van der Waals surface area contributed by atoms with Gasteiger partial charge in [0.05, 0.1) is 22.0 Å². The van der Waals surface area contributed by atoms with Crippen LogP contribution in [-0.4, -0.2) is 27.1 Å². The Labute approximate surface area is 117 Å². The van der Waals surface area contributed by atoms with E-state index in [0.29, 0.717) is 6.61 Å². The lowest BCUT2D eigenvalue weighted by molar-refractivity contribution is -0.116. The molecule has 1 aromatic heterocycles. The number of hydrogen-bond donors (Lipinski definition) is 1. The molecule has 0 aliphatic carbocycles. The first kappa shape index (κ1) is 15.7. The van der Waals surface area contributed by atoms with Crippen LogP contribution >= 0.6 is 15.9 Å². The Morgan fingerprint density at radius 3 is 2.56 bits per heavy atom. The zero-order valence-corrected chi connectivity index (χ0v) is 13.4. The molecule has 5 heteroatoms. The smallest absolute Gasteiger partial charge is 0.125 e. The molecule has 0 amide bonds. The van der Waals surface area contributed by atoms with Crippen LogP contribution in [0.25, 0.3) is 0 Å². The Morgan fingerprint density at radius 2 is 2.11 bits per heavy atom. The molecule has 2 unspecified atom stereocenters. The predicted molar refractivity (Wildman–Crippen MR) is 75.6 cm³/mol. The van der Waals surface area contributed by atoms with Crippen LogP contribution in [0.2, 0.25) is 0 Å². The van der Waals surface area contributed by atoms with E-state index in [4.69, 9.17) is 4.74 Å². The number of halogens is 1. The summed E-state index contributed by atoms with van der Waals surface area (Å²) in [6, 6.07) is 0.198. The zero-order chi connectivity index (χ0) is 13.9. The van der Waals surface area contributed by atoms with Gasteiger partial charge in [-0.1, -0.05) is 6.92 Å². The largest absolute Gasteiger partial charge is 0.384 e. The number of rotatable bonds is 6. The fourth-order valence-corrected chi connectivity index (χ4v) is 2.50. The van der Waals surface area contributed by atoms with Crippen molar-refractivity contribution in [1.82, 2.24) is 9.78 Å². The van der Waals surface area contributed by atoms with Crippen molar-refractivity contribution >= 4 is 15.9 Å². The van der Waals surface area contributed by atoms with E-state index in [1.807, 2.05) is 39.3 Å². The zero-order valence-electron chi connectivity index (χ0n) is 11.8. The molecule has 1 rings (SSSR count). The minimum atomic E-state index is -0.707. The molecule has 0 aromatic carbocycles. The van der Waals surface area contributed by atoms with Crippen molar-refractivity contribution in [1.29, 1.82) is 0 Å². The molecule has 1 heterocycles. The first-order valence-electron chi connectivity index (χ1n) is 6.42. The molecule has 104 valence electrons. The lowest BCUT2D eigenvalue weighted by atomic mass is 9.93. The Kier molecular flexibility index (Phi) is 5.37. The van der Waals surface area contributed by atoms with Gasteiger partial charge in [-0.25, -0.2) is 0 Å². The van der Waals surface area contributed by atoms with E-state index in [9.17, 15) is 5.11 Å². The van der Waals surface area contributed by atoms with Crippen molar-refractivity contribution in [3.63, 3.8) is 0 Å². The van der Waals surface area contributed by atoms with Gasteiger partial charge >= 0.3 is 0 Å². The maximum atomic E-state index is 10.7. The maximum Gasteiger partial charge on any atom is 0.125 e. The van der Waals surface area contributed by atoms with Crippen LogP contribution in [0.3, 0.4) is 0 Å². The summed E-state index contributed by atoms with van der Waals surface area (Å²) in [6.07, 6.45) is 1.75. The van der Waals surface area contributed by atoms with Crippen molar-refractivity contribution in [2.45, 2.75) is 58.8 Å². The van der Waals surface area contributed by atoms with Crippen LogP contribution in [0.1, 0.15) is 58.9 Å². The van der Waals surface area contributed by atoms with Crippen LogP contribution in [0, 0.1) is 0 Å². The molecule has 0 fully saturated rings. The summed E-state index contributed by atoms with van der Waals surface area (Å²) < 4.78 is 8.40. The SMILES string of the molecule is CCOC(C)(CC)C(O)c1c(Br)cnn1C(C)C. The van der Waals surface area contributed by atoms with Gasteiger partial charge in [0, 0.05) is 12.6 Å². The van der Waals surface area contributed by atoms with Gasteiger partial charge in [-0.2, -0.15) is 5.10 Å². The molecule has 1 N–H and O–H groups in total. The molecule has 0 aliphatic heterocycles. The second-order valence-electron chi connectivity index (χ2n) is 4.92. The summed E-state index contributed by atoms with van der Waals surface area (Å²) >= 11 is 3.46. The number of nitrogens with zero attached hydrogens (tertiary/aromatic N) is 2. The van der Waals surface area contributed by atoms with Gasteiger partial charge in [-0.3, -0.25) is 4.68 Å². The molecule has 1 aromatic rings. The molecular formula is C13H23BrN2O2. The summed E-state index contributed by atoms with van der Waals surface area (Å²) in [5, 5.41) is 15.0. The Bertz CT molecular complexity index is 392. The third-order valence-electron chi connectivity index (χ3n) is 3.29. The molecule has 4 nitrogen and oxygen atoms in total. The van der Waals surface area contributed by atoms with Crippen LogP contribution in [-0.2, 0) is 4.74 Å². The average Bonchev–Trinajstić information content (AvgIpc) is 2.70. The summed E-state index contributed by atoms with van der Waals surface area (Å²) in [7, 11) is 0. The van der Waals surface area contributed by atoms with Crippen molar-refractivity contribution in [3.05, 3.63) is 16.4 Å². The fourth-order valence-electron chi connectivity index (χ4n) is 2.01. The molecule has 18 heavy (non-hydrogen) atoms. The first-order chi connectivity index (χ1) is 8.37. The molecule has 0 spiro atoms. The summed E-state index contributed by atoms with van der Waals surface area (Å²) in [4.78, 5) is 0. The van der Waals surface area contributed by atoms with Gasteiger partial charge < -0.3 is 9.84 Å². The van der Waals surface area contributed by atoms with Crippen LogP contribution < -0.4 is 0 Å². The van der Waals surface area contributed by atoms with Gasteiger partial charge in [0.2, 0.25) is 0 Å². The lowest BCUT2D eigenvalue weighted by Gasteiger charge is -2.34. The summed E-state index contributed by atoms with van der Waals surface area (Å²) in [6.45, 7) is 10.6. The number of aliphatic hydroxyl groups excluding tert-OH is 1. The number of hydrogen-bond acceptors (Lipinski definition) is 3. The summed E-state index contributed by atoms with van der Waals surface area (Å²) in [5.74, 6) is 0. The molecule has 0 saturated carbocycles. The number of ether oxygens (including phenoxy) is 1. The van der Waals surface area contributed by atoms with Crippen molar-refractivity contribution in [2.75, 3.05) is 6.61 Å². The molecule has 0 radical (unpaired) electrons. The van der Waals surface area contributed by atoms with Crippen molar-refractivity contribution < 1.29 is 9.84 Å². The third-order valence-corrected chi connectivity index (χ3v) is 3.90. The second-order valence-corrected chi connectivity index (χ2v) is 5.77. The highest BCUT2D eigenvalue weighted by molar-refractivity contribution is 9.10. The standard InChI is InChI=1S/C13H23BrN2O2/c1-6-13(5,18-7-2)12(17)11-10(14)8-15-16(11)9(3)4/h8-9,12,17H,6-7H2,1-5H3. The number of aliphatic hydroxyl groups is 1. The van der Waals surface area contributed by atoms with E-state index in [1.54, 1.807) is 6.20 Å². The fraction of sp³-hybridized carbons (Fsp3) is 0.769. The highest BCUT2D eigenvalue weighted by Crippen LogP contribution is 2.36. The minimum absolute atomic E-state index is 0.198. The van der Waals surface area contributed by atoms with E-state index >= 15 is 0 Å². The van der Waals surface area contributed by atoms with Crippen LogP contribution in [0.5, 0.6) is 0 Å². The molecule has 2 atom stereocenters. The highest BCUT2D eigenvalue weighted by Gasteiger charge is 2.36. The Hall–Kier alpha value is -0.390. The van der Waals surface area contributed by atoms with Gasteiger partial charge in [0.15, 0.2) is 0 Å². The second kappa shape index (κ2) is 6.17. The van der Waals surface area contributed by atoms with E-state index in [-0.39, 0.29) is 6.04 Å². The topological polar surface area (TPSA) is 47.3 Å². The van der Waals surface area contributed by atoms with Gasteiger partial charge in [-0.05, 0) is 50.0 Å². The third kappa shape index (κ3) is 2.95.